The van der Waals surface area contributed by atoms with Gasteiger partial charge in [0.15, 0.2) is 0 Å². The van der Waals surface area contributed by atoms with E-state index in [2.05, 4.69) is 15.2 Å². The Morgan fingerprint density at radius 2 is 1.42 bits per heavy atom. The minimum absolute atomic E-state index is 0. The van der Waals surface area contributed by atoms with E-state index in [0.29, 0.717) is 12.1 Å². The van der Waals surface area contributed by atoms with E-state index >= 15 is 0 Å². The molecule has 3 N–H and O–H groups in total. The first kappa shape index (κ1) is 29.5. The second kappa shape index (κ2) is 10.6. The fourth-order valence-electron chi connectivity index (χ4n) is 3.48. The molecule has 1 aromatic heterocycles. The van der Waals surface area contributed by atoms with Gasteiger partial charge in [-0.05, 0) is 36.4 Å². The summed E-state index contributed by atoms with van der Waals surface area (Å²) < 4.78 is 112. The van der Waals surface area contributed by atoms with Crippen molar-refractivity contribution in [3.8, 4) is 11.3 Å². The molecule has 38 heavy (non-hydrogen) atoms. The number of nitrogens with two attached hydrogens (primary N) is 1. The van der Waals surface area contributed by atoms with Gasteiger partial charge in [-0.25, -0.2) is 0 Å². The van der Waals surface area contributed by atoms with E-state index in [1.807, 2.05) is 0 Å². The summed E-state index contributed by atoms with van der Waals surface area (Å²) in [5.74, 6) is 0. The number of halogens is 6. The van der Waals surface area contributed by atoms with Gasteiger partial charge in [0.1, 0.15) is 16.3 Å². The average Bonchev–Trinajstić information content (AvgIpc) is 2.82. The van der Waals surface area contributed by atoms with Crippen molar-refractivity contribution in [2.45, 2.75) is 17.2 Å². The number of hydrogen-bond acceptors (Lipinski definition) is 6. The molecule has 0 saturated carbocycles. The number of hydrogen-bond donors (Lipinski definition) is 2. The molecule has 0 unspecified atom stereocenters. The summed E-state index contributed by atoms with van der Waals surface area (Å²) in [6, 6.07) is 10.6. The van der Waals surface area contributed by atoms with Crippen LogP contribution in [0.4, 0.5) is 43.4 Å². The summed E-state index contributed by atoms with van der Waals surface area (Å²) in [5, 5.41) is 8.19. The van der Waals surface area contributed by atoms with Crippen LogP contribution in [0.3, 0.4) is 0 Å². The molecule has 0 radical (unpaired) electrons. The molecule has 4 rings (SSSR count). The molecule has 3 aromatic carbocycles. The number of rotatable bonds is 4. The van der Waals surface area contributed by atoms with Crippen molar-refractivity contribution in [3.05, 3.63) is 78.0 Å². The molecule has 15 heteroatoms. The third-order valence-corrected chi connectivity index (χ3v) is 6.10. The Labute approximate surface area is 234 Å². The van der Waals surface area contributed by atoms with Crippen LogP contribution in [-0.2, 0) is 22.5 Å². The van der Waals surface area contributed by atoms with Crippen molar-refractivity contribution in [2.75, 3.05) is 5.73 Å². The van der Waals surface area contributed by atoms with Gasteiger partial charge in [0, 0.05) is 16.3 Å². The maximum Gasteiger partial charge on any atom is 1.00 e. The van der Waals surface area contributed by atoms with E-state index in [1.165, 1.54) is 18.2 Å². The van der Waals surface area contributed by atoms with E-state index in [9.17, 15) is 39.3 Å². The fraction of sp³-hybridized carbons (Fsp3) is 0.0870. The molecule has 0 saturated heterocycles. The smallest absolute Gasteiger partial charge is 1.00 e. The Hall–Kier alpha value is -3.04. The third kappa shape index (κ3) is 6.32. The van der Waals surface area contributed by atoms with Gasteiger partial charge in [0.25, 0.3) is 10.1 Å². The van der Waals surface area contributed by atoms with Crippen molar-refractivity contribution in [2.24, 2.45) is 10.2 Å². The maximum absolute atomic E-state index is 13.1. The fourth-order valence-corrected chi connectivity index (χ4v) is 4.19. The zero-order valence-corrected chi connectivity index (χ0v) is 22.0. The molecular formula is C23H15F6N4NaO3S. The number of pyridine rings is 1. The number of fused-ring (bicyclic) bond motifs is 1. The monoisotopic (exact) mass is 564 g/mol. The summed E-state index contributed by atoms with van der Waals surface area (Å²) in [5.41, 5.74) is 2.48. The van der Waals surface area contributed by atoms with Crippen LogP contribution in [0.25, 0.3) is 22.0 Å². The first-order valence-corrected chi connectivity index (χ1v) is 11.5. The zero-order chi connectivity index (χ0) is 27.2. The predicted molar refractivity (Wildman–Crippen MR) is 123 cm³/mol. The summed E-state index contributed by atoms with van der Waals surface area (Å²) in [7, 11) is -4.65. The van der Waals surface area contributed by atoms with Crippen LogP contribution >= 0.6 is 0 Å². The van der Waals surface area contributed by atoms with E-state index in [0.717, 1.165) is 18.3 Å². The number of azo groups is 1. The van der Waals surface area contributed by atoms with Crippen molar-refractivity contribution in [1.29, 1.82) is 0 Å². The number of benzene rings is 3. The van der Waals surface area contributed by atoms with E-state index in [-0.39, 0.29) is 70.6 Å². The van der Waals surface area contributed by atoms with Gasteiger partial charge in [-0.1, -0.05) is 24.3 Å². The van der Waals surface area contributed by atoms with Crippen molar-refractivity contribution >= 4 is 38.0 Å². The van der Waals surface area contributed by atoms with Crippen LogP contribution in [0.15, 0.2) is 82.0 Å². The molecule has 0 spiro atoms. The van der Waals surface area contributed by atoms with Crippen LogP contribution in [0, 0.1) is 0 Å². The number of aromatic nitrogens is 1. The van der Waals surface area contributed by atoms with Crippen LogP contribution in [0.2, 0.25) is 0 Å². The number of anilines is 1. The van der Waals surface area contributed by atoms with Gasteiger partial charge in [0.2, 0.25) is 0 Å². The van der Waals surface area contributed by atoms with Crippen LogP contribution in [-0.4, -0.2) is 18.0 Å². The Bertz CT molecular complexity index is 1610. The van der Waals surface area contributed by atoms with Gasteiger partial charge in [0.05, 0.1) is 28.7 Å². The van der Waals surface area contributed by atoms with Crippen molar-refractivity contribution in [3.63, 3.8) is 0 Å². The summed E-state index contributed by atoms with van der Waals surface area (Å²) in [6.45, 7) is 0. The summed E-state index contributed by atoms with van der Waals surface area (Å²) in [6.07, 6.45) is -8.97. The normalized spacial score (nSPS) is 12.6. The Morgan fingerprint density at radius 3 is 1.92 bits per heavy atom. The minimum atomic E-state index is -5.01. The number of nitrogens with zero attached hydrogens (tertiary/aromatic N) is 3. The molecular weight excluding hydrogens is 549 g/mol. The van der Waals surface area contributed by atoms with Crippen LogP contribution < -0.4 is 35.3 Å². The minimum Gasteiger partial charge on any atom is -1.00 e. The molecule has 4 aromatic rings. The summed E-state index contributed by atoms with van der Waals surface area (Å²) >= 11 is 0. The van der Waals surface area contributed by atoms with Gasteiger partial charge < -0.3 is 7.16 Å². The van der Waals surface area contributed by atoms with Crippen LogP contribution in [0.5, 0.6) is 0 Å². The molecule has 1 heterocycles. The van der Waals surface area contributed by atoms with E-state index in [4.69, 9.17) is 5.73 Å². The first-order valence-electron chi connectivity index (χ1n) is 10.1. The van der Waals surface area contributed by atoms with Gasteiger partial charge >= 0.3 is 41.9 Å². The average molecular weight is 564 g/mol. The first-order chi connectivity index (χ1) is 17.1. The topological polar surface area (TPSA) is 118 Å². The summed E-state index contributed by atoms with van der Waals surface area (Å²) in [4.78, 5) is 3.43. The molecule has 0 atom stereocenters. The molecule has 0 fully saturated rings. The van der Waals surface area contributed by atoms with Crippen molar-refractivity contribution in [1.82, 2.24) is 4.98 Å². The van der Waals surface area contributed by atoms with Gasteiger partial charge in [-0.2, -0.15) is 34.8 Å². The molecule has 0 bridgehead atoms. The third-order valence-electron chi connectivity index (χ3n) is 5.21. The SMILES string of the molecule is Nc1c(N=Nc2ccc(-c3cc(C(F)(F)F)cc(C(F)(F)F)c3)nc2)cc(S(=O)(=O)O)c2ccccc12.[H-].[Na+]. The number of alkyl halides is 6. The second-order valence-electron chi connectivity index (χ2n) is 7.72. The zero-order valence-electron chi connectivity index (χ0n) is 20.2. The van der Waals surface area contributed by atoms with Crippen LogP contribution in [0.1, 0.15) is 12.6 Å². The molecule has 0 aliphatic heterocycles. The van der Waals surface area contributed by atoms with Gasteiger partial charge in [-0.15, -0.1) is 10.2 Å². The Morgan fingerprint density at radius 1 is 0.842 bits per heavy atom. The van der Waals surface area contributed by atoms with E-state index < -0.39 is 44.1 Å². The Kier molecular flexibility index (Phi) is 8.24. The molecule has 0 aliphatic carbocycles. The quantitative estimate of drug-likeness (QED) is 0.126. The molecule has 7 nitrogen and oxygen atoms in total. The van der Waals surface area contributed by atoms with E-state index in [1.54, 1.807) is 12.1 Å². The second-order valence-corrected chi connectivity index (χ2v) is 9.11. The largest absolute Gasteiger partial charge is 1.00 e. The molecule has 0 amide bonds. The molecule has 194 valence electrons. The predicted octanol–water partition coefficient (Wildman–Crippen LogP) is 4.30. The standard InChI is InChI=1S/C23H14F6N4O3S.Na.H/c24-22(25,26)13-7-12(8-14(9-13)23(27,28)29)18-6-5-15(11-31-18)32-33-19-10-20(37(34,35)36)16-3-1-2-4-17(16)21(19)30;;/h1-11H,30H2,(H,34,35,36);;/q;+1;-1. The van der Waals surface area contributed by atoms with Crippen molar-refractivity contribution < 1.29 is 70.3 Å². The van der Waals surface area contributed by atoms with Gasteiger partial charge in [-0.3, -0.25) is 9.54 Å². The molecule has 0 aliphatic rings. The number of nitrogen functional groups attached to an aromatic ring is 1. The maximum atomic E-state index is 13.1. The Balaban J connectivity index is 0.00000267.